The van der Waals surface area contributed by atoms with Gasteiger partial charge < -0.3 is 18.9 Å². The third-order valence-corrected chi connectivity index (χ3v) is 3.22. The number of unbranched alkanes of at least 4 members (excludes halogenated alkanes) is 1. The van der Waals surface area contributed by atoms with Gasteiger partial charge in [0.1, 0.15) is 6.61 Å². The van der Waals surface area contributed by atoms with E-state index in [1.54, 1.807) is 6.26 Å². The zero-order chi connectivity index (χ0) is 16.6. The smallest absolute Gasteiger partial charge is 0.111 e. The molecule has 1 rings (SSSR count). The fraction of sp³-hybridized carbons (Fsp3) is 0.579. The molecule has 0 fully saturated rings. The van der Waals surface area contributed by atoms with Crippen molar-refractivity contribution in [2.24, 2.45) is 0 Å². The highest BCUT2D eigenvalue weighted by molar-refractivity contribution is 5.62. The number of hydrogen-bond donors (Lipinski definition) is 0. The largest absolute Gasteiger partial charge is 0.498 e. The molecule has 4 heteroatoms. The fourth-order valence-electron chi connectivity index (χ4n) is 1.85. The van der Waals surface area contributed by atoms with Gasteiger partial charge >= 0.3 is 0 Å². The van der Waals surface area contributed by atoms with Crippen LogP contribution in [0, 0.1) is 0 Å². The molecular weight excluding hydrogens is 292 g/mol. The van der Waals surface area contributed by atoms with Crippen molar-refractivity contribution in [2.75, 3.05) is 46.2 Å². The summed E-state index contributed by atoms with van der Waals surface area (Å²) in [5.41, 5.74) is 2.28. The van der Waals surface area contributed by atoms with Crippen molar-refractivity contribution in [1.29, 1.82) is 0 Å². The second kappa shape index (κ2) is 14.2. The van der Waals surface area contributed by atoms with Gasteiger partial charge in [0.05, 0.1) is 39.3 Å². The summed E-state index contributed by atoms with van der Waals surface area (Å²) in [6.07, 6.45) is 4.06. The molecule has 0 aromatic heterocycles. The molecule has 0 saturated carbocycles. The Morgan fingerprint density at radius 3 is 2.00 bits per heavy atom. The molecule has 23 heavy (non-hydrogen) atoms. The molecule has 0 N–H and O–H groups in total. The van der Waals surface area contributed by atoms with Crippen LogP contribution in [0.1, 0.15) is 32.3 Å². The van der Waals surface area contributed by atoms with Gasteiger partial charge in [0.2, 0.25) is 0 Å². The summed E-state index contributed by atoms with van der Waals surface area (Å²) in [4.78, 5) is 0. The van der Waals surface area contributed by atoms with Gasteiger partial charge in [0.25, 0.3) is 0 Å². The molecule has 0 aliphatic heterocycles. The van der Waals surface area contributed by atoms with Gasteiger partial charge in [-0.3, -0.25) is 0 Å². The fourth-order valence-corrected chi connectivity index (χ4v) is 1.85. The third kappa shape index (κ3) is 10.9. The lowest BCUT2D eigenvalue weighted by molar-refractivity contribution is 0.00624. The number of benzene rings is 1. The summed E-state index contributed by atoms with van der Waals surface area (Å²) in [7, 11) is 0. The molecule has 1 aromatic carbocycles. The Bertz CT molecular complexity index is 403. The Kier molecular flexibility index (Phi) is 12.2. The predicted octanol–water partition coefficient (Wildman–Crippen LogP) is 3.91. The topological polar surface area (TPSA) is 36.9 Å². The van der Waals surface area contributed by atoms with Crippen molar-refractivity contribution in [3.63, 3.8) is 0 Å². The molecule has 0 saturated heterocycles. The first-order valence-corrected chi connectivity index (χ1v) is 8.41. The maximum Gasteiger partial charge on any atom is 0.111 e. The SMILES string of the molecule is CCCCOCCOCCOCCO/C=C(\C)c1ccccc1. The highest BCUT2D eigenvalue weighted by atomic mass is 16.6. The van der Waals surface area contributed by atoms with E-state index >= 15 is 0 Å². The summed E-state index contributed by atoms with van der Waals surface area (Å²) < 4.78 is 21.7. The molecule has 0 radical (unpaired) electrons. The Balaban J connectivity index is 1.88. The number of rotatable bonds is 14. The maximum atomic E-state index is 5.48. The van der Waals surface area contributed by atoms with Gasteiger partial charge in [-0.2, -0.15) is 0 Å². The van der Waals surface area contributed by atoms with Gasteiger partial charge in [-0.15, -0.1) is 0 Å². The monoisotopic (exact) mass is 322 g/mol. The van der Waals surface area contributed by atoms with Crippen LogP contribution in [-0.4, -0.2) is 46.2 Å². The molecule has 0 unspecified atom stereocenters. The van der Waals surface area contributed by atoms with Crippen molar-refractivity contribution >= 4 is 5.57 Å². The lowest BCUT2D eigenvalue weighted by Crippen LogP contribution is -2.11. The first kappa shape index (κ1) is 19.7. The lowest BCUT2D eigenvalue weighted by atomic mass is 10.1. The van der Waals surface area contributed by atoms with E-state index in [9.17, 15) is 0 Å². The Morgan fingerprint density at radius 1 is 0.826 bits per heavy atom. The molecule has 0 aliphatic carbocycles. The van der Waals surface area contributed by atoms with E-state index in [-0.39, 0.29) is 0 Å². The van der Waals surface area contributed by atoms with E-state index in [4.69, 9.17) is 18.9 Å². The second-order valence-electron chi connectivity index (χ2n) is 5.23. The third-order valence-electron chi connectivity index (χ3n) is 3.22. The van der Waals surface area contributed by atoms with Gasteiger partial charge in [0.15, 0.2) is 0 Å². The molecule has 0 heterocycles. The second-order valence-corrected chi connectivity index (χ2v) is 5.23. The van der Waals surface area contributed by atoms with E-state index < -0.39 is 0 Å². The summed E-state index contributed by atoms with van der Waals surface area (Å²) in [6.45, 7) is 8.58. The first-order valence-electron chi connectivity index (χ1n) is 8.41. The molecule has 0 atom stereocenters. The van der Waals surface area contributed by atoms with Crippen molar-refractivity contribution in [3.8, 4) is 0 Å². The van der Waals surface area contributed by atoms with Crippen LogP contribution >= 0.6 is 0 Å². The van der Waals surface area contributed by atoms with Crippen molar-refractivity contribution in [3.05, 3.63) is 42.2 Å². The van der Waals surface area contributed by atoms with Crippen molar-refractivity contribution in [2.45, 2.75) is 26.7 Å². The standard InChI is InChI=1S/C19H30O4/c1-3-4-10-20-11-12-21-13-14-22-15-16-23-17-18(2)19-8-6-5-7-9-19/h5-9,17H,3-4,10-16H2,1-2H3/b18-17+. The summed E-state index contributed by atoms with van der Waals surface area (Å²) in [5.74, 6) is 0. The van der Waals surface area contributed by atoms with Crippen LogP contribution < -0.4 is 0 Å². The Labute approximate surface area is 140 Å². The zero-order valence-electron chi connectivity index (χ0n) is 14.5. The molecule has 4 nitrogen and oxygen atoms in total. The molecule has 130 valence electrons. The van der Waals surface area contributed by atoms with E-state index in [1.165, 1.54) is 5.56 Å². The Hall–Kier alpha value is -1.36. The van der Waals surface area contributed by atoms with E-state index in [2.05, 4.69) is 19.1 Å². The normalized spacial score (nSPS) is 11.7. The Morgan fingerprint density at radius 2 is 1.39 bits per heavy atom. The zero-order valence-corrected chi connectivity index (χ0v) is 14.5. The average molecular weight is 322 g/mol. The van der Waals surface area contributed by atoms with Crippen LogP contribution in [0.15, 0.2) is 36.6 Å². The highest BCUT2D eigenvalue weighted by Crippen LogP contribution is 2.12. The number of allylic oxidation sites excluding steroid dienone is 1. The van der Waals surface area contributed by atoms with Crippen LogP contribution in [0.25, 0.3) is 5.57 Å². The van der Waals surface area contributed by atoms with Crippen LogP contribution in [0.2, 0.25) is 0 Å². The van der Waals surface area contributed by atoms with Crippen LogP contribution in [0.4, 0.5) is 0 Å². The summed E-state index contributed by atoms with van der Waals surface area (Å²) in [5, 5.41) is 0. The van der Waals surface area contributed by atoms with Gasteiger partial charge in [-0.05, 0) is 24.5 Å². The van der Waals surface area contributed by atoms with Gasteiger partial charge in [-0.1, -0.05) is 43.7 Å². The van der Waals surface area contributed by atoms with Crippen LogP contribution in [0.3, 0.4) is 0 Å². The minimum Gasteiger partial charge on any atom is -0.498 e. The summed E-state index contributed by atoms with van der Waals surface area (Å²) >= 11 is 0. The molecule has 0 amide bonds. The maximum absolute atomic E-state index is 5.48. The minimum atomic E-state index is 0.546. The minimum absolute atomic E-state index is 0.546. The molecule has 0 bridgehead atoms. The number of ether oxygens (including phenoxy) is 4. The molecule has 0 aliphatic rings. The van der Waals surface area contributed by atoms with Gasteiger partial charge in [0, 0.05) is 6.61 Å². The van der Waals surface area contributed by atoms with Crippen molar-refractivity contribution in [1.82, 2.24) is 0 Å². The van der Waals surface area contributed by atoms with E-state index in [0.717, 1.165) is 25.0 Å². The van der Waals surface area contributed by atoms with Crippen LogP contribution in [0.5, 0.6) is 0 Å². The predicted molar refractivity (Wildman–Crippen MR) is 93.4 cm³/mol. The molecular formula is C19H30O4. The first-order chi connectivity index (χ1) is 11.3. The lowest BCUT2D eigenvalue weighted by Gasteiger charge is -2.07. The molecule has 0 spiro atoms. The average Bonchev–Trinajstić information content (AvgIpc) is 2.59. The van der Waals surface area contributed by atoms with E-state index in [0.29, 0.717) is 39.6 Å². The summed E-state index contributed by atoms with van der Waals surface area (Å²) in [6, 6.07) is 10.2. The van der Waals surface area contributed by atoms with Gasteiger partial charge in [-0.25, -0.2) is 0 Å². The number of hydrogen-bond acceptors (Lipinski definition) is 4. The van der Waals surface area contributed by atoms with Crippen molar-refractivity contribution < 1.29 is 18.9 Å². The highest BCUT2D eigenvalue weighted by Gasteiger charge is 1.94. The van der Waals surface area contributed by atoms with Crippen LogP contribution in [-0.2, 0) is 18.9 Å². The quantitative estimate of drug-likeness (QED) is 0.384. The molecule has 1 aromatic rings. The van der Waals surface area contributed by atoms with E-state index in [1.807, 2.05) is 25.1 Å².